The Balaban J connectivity index is 2.19. The van der Waals surface area contributed by atoms with E-state index in [9.17, 15) is 10.1 Å². The van der Waals surface area contributed by atoms with Gasteiger partial charge in [-0.15, -0.1) is 0 Å². The summed E-state index contributed by atoms with van der Waals surface area (Å²) < 4.78 is 5.20. The van der Waals surface area contributed by atoms with E-state index in [1.807, 2.05) is 6.92 Å². The van der Waals surface area contributed by atoms with Crippen LogP contribution in [-0.2, 0) is 5.75 Å². The molecule has 0 aliphatic rings. The predicted octanol–water partition coefficient (Wildman–Crippen LogP) is 1.10. The van der Waals surface area contributed by atoms with Crippen molar-refractivity contribution >= 4 is 11.8 Å². The standard InChI is InChI=1S/C10H16N4O3S/c1-8-9(17-7-13-8)6-18-4-3-12-10(11-2)5-14(15)16/h5,7,11-12H,3-4,6H2,1-2H3/b10-5-. The van der Waals surface area contributed by atoms with Gasteiger partial charge < -0.3 is 15.1 Å². The van der Waals surface area contributed by atoms with E-state index in [2.05, 4.69) is 15.6 Å². The summed E-state index contributed by atoms with van der Waals surface area (Å²) in [7, 11) is 1.63. The molecule has 1 aromatic heterocycles. The van der Waals surface area contributed by atoms with Crippen molar-refractivity contribution < 1.29 is 9.34 Å². The van der Waals surface area contributed by atoms with E-state index in [1.54, 1.807) is 18.8 Å². The van der Waals surface area contributed by atoms with Gasteiger partial charge in [0.25, 0.3) is 6.20 Å². The van der Waals surface area contributed by atoms with Crippen molar-refractivity contribution in [2.75, 3.05) is 19.3 Å². The first-order chi connectivity index (χ1) is 8.63. The van der Waals surface area contributed by atoms with Gasteiger partial charge in [-0.1, -0.05) is 0 Å². The van der Waals surface area contributed by atoms with Crippen molar-refractivity contribution in [1.29, 1.82) is 0 Å². The predicted molar refractivity (Wildman–Crippen MR) is 69.5 cm³/mol. The van der Waals surface area contributed by atoms with Crippen LogP contribution >= 0.6 is 11.8 Å². The molecule has 0 unspecified atom stereocenters. The molecule has 8 heteroatoms. The van der Waals surface area contributed by atoms with Crippen molar-refractivity contribution in [3.05, 3.63) is 40.0 Å². The average molecular weight is 272 g/mol. The van der Waals surface area contributed by atoms with Gasteiger partial charge in [0.1, 0.15) is 5.76 Å². The fraction of sp³-hybridized carbons (Fsp3) is 0.500. The number of hydrogen-bond donors (Lipinski definition) is 2. The number of aryl methyl sites for hydroxylation is 1. The molecule has 0 atom stereocenters. The minimum Gasteiger partial charge on any atom is -0.447 e. The smallest absolute Gasteiger partial charge is 0.274 e. The molecule has 0 radical (unpaired) electrons. The lowest BCUT2D eigenvalue weighted by atomic mass is 10.4. The third kappa shape index (κ3) is 5.09. The first-order valence-electron chi connectivity index (χ1n) is 5.37. The Hall–Kier alpha value is -1.70. The zero-order valence-electron chi connectivity index (χ0n) is 10.3. The topological polar surface area (TPSA) is 93.2 Å². The number of thioether (sulfide) groups is 1. The maximum Gasteiger partial charge on any atom is 0.274 e. The van der Waals surface area contributed by atoms with Gasteiger partial charge in [-0.25, -0.2) is 4.98 Å². The highest BCUT2D eigenvalue weighted by Crippen LogP contribution is 2.14. The Labute approximate surface area is 109 Å². The van der Waals surface area contributed by atoms with E-state index in [1.165, 1.54) is 6.39 Å². The first kappa shape index (κ1) is 14.4. The second kappa shape index (κ2) is 7.59. The summed E-state index contributed by atoms with van der Waals surface area (Å²) in [5, 5.41) is 15.9. The molecule has 100 valence electrons. The van der Waals surface area contributed by atoms with Crippen LogP contribution in [0.5, 0.6) is 0 Å². The van der Waals surface area contributed by atoms with E-state index in [4.69, 9.17) is 4.42 Å². The average Bonchev–Trinajstić information content (AvgIpc) is 2.72. The molecule has 0 saturated heterocycles. The number of nitrogens with zero attached hydrogens (tertiary/aromatic N) is 2. The molecule has 0 bridgehead atoms. The number of nitro groups is 1. The van der Waals surface area contributed by atoms with Gasteiger partial charge in [-0.2, -0.15) is 11.8 Å². The normalized spacial score (nSPS) is 11.3. The summed E-state index contributed by atoms with van der Waals surface area (Å²) in [5.41, 5.74) is 0.902. The van der Waals surface area contributed by atoms with Gasteiger partial charge in [-0.05, 0) is 6.92 Å². The van der Waals surface area contributed by atoms with Crippen LogP contribution in [0.3, 0.4) is 0 Å². The van der Waals surface area contributed by atoms with Gasteiger partial charge in [0.15, 0.2) is 12.2 Å². The van der Waals surface area contributed by atoms with Crippen molar-refractivity contribution in [1.82, 2.24) is 15.6 Å². The van der Waals surface area contributed by atoms with E-state index in [0.717, 1.165) is 29.2 Å². The van der Waals surface area contributed by atoms with E-state index >= 15 is 0 Å². The van der Waals surface area contributed by atoms with Crippen LogP contribution in [0.25, 0.3) is 0 Å². The number of rotatable bonds is 8. The number of oxazole rings is 1. The molecule has 0 fully saturated rings. The fourth-order valence-electron chi connectivity index (χ4n) is 1.19. The lowest BCUT2D eigenvalue weighted by Gasteiger charge is -2.07. The Morgan fingerprint density at radius 1 is 1.72 bits per heavy atom. The van der Waals surface area contributed by atoms with Crippen LogP contribution in [-0.4, -0.2) is 29.3 Å². The molecule has 7 nitrogen and oxygen atoms in total. The van der Waals surface area contributed by atoms with E-state index < -0.39 is 4.92 Å². The van der Waals surface area contributed by atoms with Crippen molar-refractivity contribution in [2.45, 2.75) is 12.7 Å². The Morgan fingerprint density at radius 2 is 2.50 bits per heavy atom. The lowest BCUT2D eigenvalue weighted by molar-refractivity contribution is -0.404. The van der Waals surface area contributed by atoms with Crippen LogP contribution in [0.15, 0.2) is 22.8 Å². The van der Waals surface area contributed by atoms with Crippen molar-refractivity contribution in [3.63, 3.8) is 0 Å². The van der Waals surface area contributed by atoms with Crippen LogP contribution in [0.1, 0.15) is 11.5 Å². The third-order valence-electron chi connectivity index (χ3n) is 2.14. The van der Waals surface area contributed by atoms with Gasteiger partial charge in [-0.3, -0.25) is 10.1 Å². The second-order valence-electron chi connectivity index (χ2n) is 3.42. The number of hydrogen-bond acceptors (Lipinski definition) is 7. The Kier molecular flexibility index (Phi) is 6.06. The SMILES string of the molecule is CN/C(=C/[N+](=O)[O-])NCCSCc1ocnc1C. The zero-order chi connectivity index (χ0) is 13.4. The second-order valence-corrected chi connectivity index (χ2v) is 4.52. The molecule has 1 heterocycles. The van der Waals surface area contributed by atoms with Gasteiger partial charge in [0, 0.05) is 19.3 Å². The minimum absolute atomic E-state index is 0.399. The highest BCUT2D eigenvalue weighted by atomic mass is 32.2. The molecular formula is C10H16N4O3S. The summed E-state index contributed by atoms with van der Waals surface area (Å²) in [6.45, 7) is 2.54. The van der Waals surface area contributed by atoms with Crippen LogP contribution in [0.4, 0.5) is 0 Å². The number of aromatic nitrogens is 1. The molecule has 2 N–H and O–H groups in total. The molecule has 0 aromatic carbocycles. The monoisotopic (exact) mass is 272 g/mol. The van der Waals surface area contributed by atoms with E-state index in [-0.39, 0.29) is 0 Å². The molecule has 0 aliphatic heterocycles. The van der Waals surface area contributed by atoms with Crippen LogP contribution in [0.2, 0.25) is 0 Å². The maximum absolute atomic E-state index is 10.3. The highest BCUT2D eigenvalue weighted by molar-refractivity contribution is 7.98. The van der Waals surface area contributed by atoms with Crippen LogP contribution < -0.4 is 10.6 Å². The molecule has 18 heavy (non-hydrogen) atoms. The minimum atomic E-state index is -0.496. The summed E-state index contributed by atoms with van der Waals surface area (Å²) in [6, 6.07) is 0. The summed E-state index contributed by atoms with van der Waals surface area (Å²) in [4.78, 5) is 13.8. The van der Waals surface area contributed by atoms with Gasteiger partial charge in [0.2, 0.25) is 0 Å². The van der Waals surface area contributed by atoms with Gasteiger partial charge in [0.05, 0.1) is 16.4 Å². The Bertz CT molecular complexity index is 419. The number of nitrogens with one attached hydrogen (secondary N) is 2. The summed E-state index contributed by atoms with van der Waals surface area (Å²) in [6.07, 6.45) is 2.34. The molecular weight excluding hydrogens is 256 g/mol. The van der Waals surface area contributed by atoms with Gasteiger partial charge >= 0.3 is 0 Å². The van der Waals surface area contributed by atoms with Crippen molar-refractivity contribution in [3.8, 4) is 0 Å². The summed E-state index contributed by atoms with van der Waals surface area (Å²) in [5.74, 6) is 2.84. The lowest BCUT2D eigenvalue weighted by Crippen LogP contribution is -2.26. The molecule has 0 saturated carbocycles. The molecule has 0 spiro atoms. The largest absolute Gasteiger partial charge is 0.447 e. The highest BCUT2D eigenvalue weighted by Gasteiger charge is 2.03. The molecule has 1 rings (SSSR count). The van der Waals surface area contributed by atoms with Crippen LogP contribution in [0, 0.1) is 17.0 Å². The fourth-order valence-corrected chi connectivity index (χ4v) is 2.04. The first-order valence-corrected chi connectivity index (χ1v) is 6.52. The molecule has 0 aliphatic carbocycles. The van der Waals surface area contributed by atoms with Crippen molar-refractivity contribution in [2.24, 2.45) is 0 Å². The maximum atomic E-state index is 10.3. The van der Waals surface area contributed by atoms with E-state index in [0.29, 0.717) is 12.4 Å². The quantitative estimate of drug-likeness (QED) is 0.416. The zero-order valence-corrected chi connectivity index (χ0v) is 11.1. The molecule has 0 amide bonds. The molecule has 1 aromatic rings. The Morgan fingerprint density at radius 3 is 3.06 bits per heavy atom. The third-order valence-corrected chi connectivity index (χ3v) is 3.10. The summed E-state index contributed by atoms with van der Waals surface area (Å²) >= 11 is 1.68.